The van der Waals surface area contributed by atoms with Crippen molar-refractivity contribution in [1.29, 1.82) is 0 Å². The van der Waals surface area contributed by atoms with Gasteiger partial charge in [0.25, 0.3) is 0 Å². The van der Waals surface area contributed by atoms with E-state index in [1.807, 2.05) is 0 Å². The predicted octanol–water partition coefficient (Wildman–Crippen LogP) is 2.79. The summed E-state index contributed by atoms with van der Waals surface area (Å²) in [6, 6.07) is 2.18. The number of carboxylic acids is 1. The topological polar surface area (TPSA) is 37.3 Å². The normalized spacial score (nSPS) is 10.6. The van der Waals surface area contributed by atoms with Gasteiger partial charge in [-0.3, -0.25) is 0 Å². The second-order valence-corrected chi connectivity index (χ2v) is 3.32. The Hall–Kier alpha value is -1.45. The van der Waals surface area contributed by atoms with Gasteiger partial charge in [-0.05, 0) is 23.6 Å². The minimum absolute atomic E-state index is 0.0387. The molecule has 0 aliphatic heterocycles. The summed E-state index contributed by atoms with van der Waals surface area (Å²) >= 11 is 0. The van der Waals surface area contributed by atoms with Crippen molar-refractivity contribution < 1.29 is 18.7 Å². The molecule has 0 amide bonds. The maximum Gasteiger partial charge on any atom is 0.338 e. The fourth-order valence-electron chi connectivity index (χ4n) is 1.10. The fraction of sp³-hybridized carbons (Fsp3) is 0.300. The summed E-state index contributed by atoms with van der Waals surface area (Å²) in [4.78, 5) is 10.5. The van der Waals surface area contributed by atoms with Gasteiger partial charge in [0.15, 0.2) is 11.6 Å². The van der Waals surface area contributed by atoms with Crippen LogP contribution < -0.4 is 0 Å². The van der Waals surface area contributed by atoms with Crippen molar-refractivity contribution in [2.24, 2.45) is 0 Å². The van der Waals surface area contributed by atoms with Gasteiger partial charge in [0.1, 0.15) is 0 Å². The van der Waals surface area contributed by atoms with Crippen LogP contribution in [-0.4, -0.2) is 11.1 Å². The summed E-state index contributed by atoms with van der Waals surface area (Å²) in [7, 11) is 0. The summed E-state index contributed by atoms with van der Waals surface area (Å²) in [5.74, 6) is -3.91. The van der Waals surface area contributed by atoms with Crippen molar-refractivity contribution in [2.45, 2.75) is 19.8 Å². The Labute approximate surface area is 80.2 Å². The number of hydrogen-bond donors (Lipinski definition) is 1. The van der Waals surface area contributed by atoms with Crippen LogP contribution in [0, 0.1) is 11.6 Å². The Balaban J connectivity index is 3.35. The molecule has 0 bridgehead atoms. The Morgan fingerprint density at radius 3 is 2.36 bits per heavy atom. The van der Waals surface area contributed by atoms with Crippen LogP contribution in [0.1, 0.15) is 35.7 Å². The summed E-state index contributed by atoms with van der Waals surface area (Å²) in [5, 5.41) is 8.59. The smallest absolute Gasteiger partial charge is 0.338 e. The van der Waals surface area contributed by atoms with E-state index < -0.39 is 23.2 Å². The van der Waals surface area contributed by atoms with E-state index in [1.54, 1.807) is 13.8 Å². The first-order chi connectivity index (χ1) is 6.43. The zero-order chi connectivity index (χ0) is 10.9. The maximum absolute atomic E-state index is 12.9. The molecule has 2 nitrogen and oxygen atoms in total. The number of rotatable bonds is 2. The van der Waals surface area contributed by atoms with Crippen LogP contribution in [0.2, 0.25) is 0 Å². The van der Waals surface area contributed by atoms with E-state index in [-0.39, 0.29) is 5.92 Å². The van der Waals surface area contributed by atoms with Crippen molar-refractivity contribution in [2.75, 3.05) is 0 Å². The summed E-state index contributed by atoms with van der Waals surface area (Å²) in [6.07, 6.45) is 0. The van der Waals surface area contributed by atoms with Crippen LogP contribution in [0.15, 0.2) is 12.1 Å². The van der Waals surface area contributed by atoms with Crippen LogP contribution in [-0.2, 0) is 0 Å². The van der Waals surface area contributed by atoms with E-state index in [0.29, 0.717) is 5.56 Å². The van der Waals surface area contributed by atoms with E-state index >= 15 is 0 Å². The summed E-state index contributed by atoms with van der Waals surface area (Å²) in [6.45, 7) is 3.55. The van der Waals surface area contributed by atoms with Gasteiger partial charge in [-0.1, -0.05) is 13.8 Å². The van der Waals surface area contributed by atoms with E-state index in [4.69, 9.17) is 5.11 Å². The second kappa shape index (κ2) is 3.74. The van der Waals surface area contributed by atoms with Crippen LogP contribution in [0.25, 0.3) is 0 Å². The first-order valence-electron chi connectivity index (χ1n) is 4.15. The van der Waals surface area contributed by atoms with E-state index in [1.165, 1.54) is 0 Å². The summed E-state index contributed by atoms with van der Waals surface area (Å²) in [5.41, 5.74) is -0.144. The minimum Gasteiger partial charge on any atom is -0.478 e. The third kappa shape index (κ3) is 1.89. The Kier molecular flexibility index (Phi) is 2.84. The minimum atomic E-state index is -1.45. The third-order valence-corrected chi connectivity index (χ3v) is 1.95. The molecule has 4 heteroatoms. The zero-order valence-electron chi connectivity index (χ0n) is 7.84. The SMILES string of the molecule is CC(C)c1cc(F)c(F)c(C(=O)O)c1. The maximum atomic E-state index is 12.9. The molecule has 1 aromatic carbocycles. The standard InChI is InChI=1S/C10H10F2O2/c1-5(2)6-3-7(10(13)14)9(12)8(11)4-6/h3-5H,1-2H3,(H,13,14). The number of benzene rings is 1. The number of carboxylic acid groups (broad SMARTS) is 1. The van der Waals surface area contributed by atoms with Gasteiger partial charge in [-0.15, -0.1) is 0 Å². The van der Waals surface area contributed by atoms with Gasteiger partial charge in [0.05, 0.1) is 5.56 Å². The lowest BCUT2D eigenvalue weighted by molar-refractivity contribution is 0.0690. The lowest BCUT2D eigenvalue weighted by Crippen LogP contribution is -2.05. The number of halogens is 2. The molecule has 0 radical (unpaired) electrons. The average molecular weight is 200 g/mol. The average Bonchev–Trinajstić information content (AvgIpc) is 2.08. The molecular formula is C10H10F2O2. The second-order valence-electron chi connectivity index (χ2n) is 3.32. The molecule has 0 aliphatic rings. The molecule has 0 fully saturated rings. The van der Waals surface area contributed by atoms with Gasteiger partial charge in [-0.2, -0.15) is 0 Å². The highest BCUT2D eigenvalue weighted by atomic mass is 19.2. The molecule has 1 rings (SSSR count). The van der Waals surface area contributed by atoms with Crippen molar-refractivity contribution >= 4 is 5.97 Å². The van der Waals surface area contributed by atoms with Gasteiger partial charge in [-0.25, -0.2) is 13.6 Å². The molecule has 0 heterocycles. The monoisotopic (exact) mass is 200 g/mol. The first-order valence-corrected chi connectivity index (χ1v) is 4.15. The van der Waals surface area contributed by atoms with Crippen molar-refractivity contribution in [3.8, 4) is 0 Å². The van der Waals surface area contributed by atoms with Crippen LogP contribution in [0.5, 0.6) is 0 Å². The van der Waals surface area contributed by atoms with Crippen molar-refractivity contribution in [1.82, 2.24) is 0 Å². The first kappa shape index (κ1) is 10.6. The number of hydrogen-bond acceptors (Lipinski definition) is 1. The third-order valence-electron chi connectivity index (χ3n) is 1.95. The lowest BCUT2D eigenvalue weighted by atomic mass is 10.0. The zero-order valence-corrected chi connectivity index (χ0v) is 7.84. The molecule has 0 atom stereocenters. The highest BCUT2D eigenvalue weighted by Crippen LogP contribution is 2.21. The van der Waals surface area contributed by atoms with E-state index in [9.17, 15) is 13.6 Å². The molecule has 0 aliphatic carbocycles. The molecule has 76 valence electrons. The van der Waals surface area contributed by atoms with Crippen molar-refractivity contribution in [3.63, 3.8) is 0 Å². The Morgan fingerprint density at radius 2 is 1.93 bits per heavy atom. The molecule has 0 saturated carbocycles. The van der Waals surface area contributed by atoms with Crippen LogP contribution in [0.3, 0.4) is 0 Å². The lowest BCUT2D eigenvalue weighted by Gasteiger charge is -2.07. The van der Waals surface area contributed by atoms with E-state index in [2.05, 4.69) is 0 Å². The fourth-order valence-corrected chi connectivity index (χ4v) is 1.10. The van der Waals surface area contributed by atoms with Gasteiger partial charge in [0, 0.05) is 0 Å². The summed E-state index contributed by atoms with van der Waals surface area (Å²) < 4.78 is 25.9. The van der Waals surface area contributed by atoms with Crippen LogP contribution in [0.4, 0.5) is 8.78 Å². The van der Waals surface area contributed by atoms with Gasteiger partial charge >= 0.3 is 5.97 Å². The quantitative estimate of drug-likeness (QED) is 0.796. The molecule has 0 aromatic heterocycles. The van der Waals surface area contributed by atoms with Crippen LogP contribution >= 0.6 is 0 Å². The van der Waals surface area contributed by atoms with E-state index in [0.717, 1.165) is 12.1 Å². The Morgan fingerprint density at radius 1 is 1.36 bits per heavy atom. The molecule has 1 N–H and O–H groups in total. The van der Waals surface area contributed by atoms with Gasteiger partial charge in [0.2, 0.25) is 0 Å². The highest BCUT2D eigenvalue weighted by Gasteiger charge is 2.17. The highest BCUT2D eigenvalue weighted by molar-refractivity contribution is 5.88. The molecule has 0 unspecified atom stereocenters. The number of aromatic carboxylic acids is 1. The number of carbonyl (C=O) groups is 1. The van der Waals surface area contributed by atoms with Gasteiger partial charge < -0.3 is 5.11 Å². The molecular weight excluding hydrogens is 190 g/mol. The molecule has 1 aromatic rings. The molecule has 0 saturated heterocycles. The molecule has 14 heavy (non-hydrogen) atoms. The molecule has 0 spiro atoms. The largest absolute Gasteiger partial charge is 0.478 e. The predicted molar refractivity (Wildman–Crippen MR) is 47.4 cm³/mol. The van der Waals surface area contributed by atoms with Crippen molar-refractivity contribution in [3.05, 3.63) is 34.9 Å². The Bertz CT molecular complexity index is 373.